The van der Waals surface area contributed by atoms with Crippen LogP contribution in [0.2, 0.25) is 10.0 Å². The Labute approximate surface area is 192 Å². The molecule has 168 valence electrons. The minimum atomic E-state index is -4.11. The van der Waals surface area contributed by atoms with Crippen LogP contribution in [0, 0.1) is 5.82 Å². The summed E-state index contributed by atoms with van der Waals surface area (Å²) in [4.78, 5) is 16.8. The van der Waals surface area contributed by atoms with Gasteiger partial charge in [0.25, 0.3) is 0 Å². The van der Waals surface area contributed by atoms with Gasteiger partial charge in [0.15, 0.2) is 0 Å². The van der Waals surface area contributed by atoms with Crippen LogP contribution in [-0.2, 0) is 21.4 Å². The molecule has 0 saturated carbocycles. The minimum absolute atomic E-state index is 0.0188. The summed E-state index contributed by atoms with van der Waals surface area (Å²) in [6.45, 7) is 4.65. The monoisotopic (exact) mass is 487 g/mol. The predicted molar refractivity (Wildman–Crippen MR) is 119 cm³/mol. The van der Waals surface area contributed by atoms with Crippen LogP contribution in [-0.4, -0.2) is 67.7 Å². The predicted octanol–water partition coefficient (Wildman–Crippen LogP) is 3.49. The molecule has 0 bridgehead atoms. The average Bonchev–Trinajstić information content (AvgIpc) is 2.75. The number of sulfonamides is 1. The molecule has 10 heteroatoms. The molecule has 1 saturated heterocycles. The van der Waals surface area contributed by atoms with Gasteiger partial charge in [-0.15, -0.1) is 0 Å². The van der Waals surface area contributed by atoms with Gasteiger partial charge in [0.2, 0.25) is 15.9 Å². The van der Waals surface area contributed by atoms with Crippen LogP contribution in [0.1, 0.15) is 12.5 Å². The first-order chi connectivity index (χ1) is 14.7. The normalized spacial score (nSPS) is 15.5. The number of rotatable bonds is 7. The molecule has 1 amide bonds. The maximum Gasteiger partial charge on any atom is 0.243 e. The van der Waals surface area contributed by atoms with E-state index in [1.54, 1.807) is 4.90 Å². The number of nitrogens with zero attached hydrogens (tertiary/aromatic N) is 3. The molecule has 31 heavy (non-hydrogen) atoms. The molecule has 0 radical (unpaired) electrons. The third-order valence-corrected chi connectivity index (χ3v) is 7.74. The smallest absolute Gasteiger partial charge is 0.243 e. The Kier molecular flexibility index (Phi) is 7.93. The number of carbonyl (C=O) groups is 1. The summed E-state index contributed by atoms with van der Waals surface area (Å²) in [6, 6.07) is 9.76. The van der Waals surface area contributed by atoms with Crippen molar-refractivity contribution in [3.8, 4) is 0 Å². The molecule has 3 rings (SSSR count). The van der Waals surface area contributed by atoms with Crippen molar-refractivity contribution in [2.75, 3.05) is 39.3 Å². The first-order valence-corrected chi connectivity index (χ1v) is 12.1. The summed E-state index contributed by atoms with van der Waals surface area (Å²) in [5.74, 6) is -0.964. The number of hydrogen-bond donors (Lipinski definition) is 0. The van der Waals surface area contributed by atoms with Gasteiger partial charge in [0.1, 0.15) is 5.82 Å². The van der Waals surface area contributed by atoms with Gasteiger partial charge >= 0.3 is 0 Å². The third kappa shape index (κ3) is 5.75. The first-order valence-electron chi connectivity index (χ1n) is 9.91. The van der Waals surface area contributed by atoms with E-state index in [-0.39, 0.29) is 27.9 Å². The van der Waals surface area contributed by atoms with Crippen LogP contribution in [0.3, 0.4) is 0 Å². The molecular weight excluding hydrogens is 464 g/mol. The number of piperazine rings is 1. The van der Waals surface area contributed by atoms with E-state index < -0.39 is 22.4 Å². The first kappa shape index (κ1) is 23.9. The molecule has 2 aromatic carbocycles. The number of likely N-dealkylation sites (N-methyl/N-ethyl adjacent to an activating group) is 1. The zero-order valence-electron chi connectivity index (χ0n) is 17.1. The molecule has 1 aliphatic heterocycles. The molecule has 6 nitrogen and oxygen atoms in total. The fraction of sp³-hybridized carbons (Fsp3) is 0.381. The molecule has 2 aromatic rings. The molecular formula is C21H24Cl2FN3O3S. The third-order valence-electron chi connectivity index (χ3n) is 5.33. The molecule has 0 atom stereocenters. The highest BCUT2D eigenvalue weighted by Gasteiger charge is 2.31. The molecule has 1 aliphatic rings. The van der Waals surface area contributed by atoms with Crippen molar-refractivity contribution in [3.63, 3.8) is 0 Å². The van der Waals surface area contributed by atoms with Gasteiger partial charge in [-0.25, -0.2) is 12.8 Å². The SMILES string of the molecule is CCN1CCN(C(=O)CN(Cc2c(F)cccc2Cl)S(=O)(=O)c2ccc(Cl)cc2)CC1. The highest BCUT2D eigenvalue weighted by Crippen LogP contribution is 2.25. The minimum Gasteiger partial charge on any atom is -0.339 e. The Morgan fingerprint density at radius 3 is 2.29 bits per heavy atom. The summed E-state index contributed by atoms with van der Waals surface area (Å²) in [5, 5.41) is 0.479. The van der Waals surface area contributed by atoms with Crippen molar-refractivity contribution in [3.05, 3.63) is 63.9 Å². The van der Waals surface area contributed by atoms with Gasteiger partial charge in [-0.2, -0.15) is 4.31 Å². The van der Waals surface area contributed by atoms with Crippen LogP contribution in [0.25, 0.3) is 0 Å². The molecule has 1 fully saturated rings. The Morgan fingerprint density at radius 1 is 1.06 bits per heavy atom. The van der Waals surface area contributed by atoms with Gasteiger partial charge in [0, 0.05) is 48.3 Å². The van der Waals surface area contributed by atoms with E-state index in [2.05, 4.69) is 11.8 Å². The lowest BCUT2D eigenvalue weighted by Gasteiger charge is -2.35. The van der Waals surface area contributed by atoms with E-state index in [9.17, 15) is 17.6 Å². The maximum absolute atomic E-state index is 14.4. The lowest BCUT2D eigenvalue weighted by atomic mass is 10.2. The lowest BCUT2D eigenvalue weighted by Crippen LogP contribution is -2.51. The molecule has 0 N–H and O–H groups in total. The second-order valence-corrected chi connectivity index (χ2v) is 10.0. The topological polar surface area (TPSA) is 60.9 Å². The quantitative estimate of drug-likeness (QED) is 0.599. The highest BCUT2D eigenvalue weighted by atomic mass is 35.5. The van der Waals surface area contributed by atoms with Crippen molar-refractivity contribution in [2.24, 2.45) is 0 Å². The van der Waals surface area contributed by atoms with Crippen LogP contribution in [0.4, 0.5) is 4.39 Å². The Hall–Kier alpha value is -1.71. The highest BCUT2D eigenvalue weighted by molar-refractivity contribution is 7.89. The Morgan fingerprint density at radius 2 is 1.71 bits per heavy atom. The van der Waals surface area contributed by atoms with E-state index in [1.165, 1.54) is 42.5 Å². The number of carbonyl (C=O) groups excluding carboxylic acids is 1. The fourth-order valence-electron chi connectivity index (χ4n) is 3.41. The van der Waals surface area contributed by atoms with Crippen LogP contribution < -0.4 is 0 Å². The van der Waals surface area contributed by atoms with Crippen molar-refractivity contribution < 1.29 is 17.6 Å². The van der Waals surface area contributed by atoms with E-state index in [0.717, 1.165) is 23.9 Å². The number of amides is 1. The number of hydrogen-bond acceptors (Lipinski definition) is 4. The summed E-state index contributed by atoms with van der Waals surface area (Å²) >= 11 is 12.0. The molecule has 1 heterocycles. The summed E-state index contributed by atoms with van der Waals surface area (Å²) in [5.41, 5.74) is 0.0188. The second-order valence-electron chi connectivity index (χ2n) is 7.24. The van der Waals surface area contributed by atoms with Crippen molar-refractivity contribution >= 4 is 39.1 Å². The number of halogens is 3. The van der Waals surface area contributed by atoms with Crippen molar-refractivity contribution in [1.29, 1.82) is 0 Å². The van der Waals surface area contributed by atoms with E-state index in [1.807, 2.05) is 0 Å². The van der Waals surface area contributed by atoms with E-state index in [0.29, 0.717) is 18.1 Å². The van der Waals surface area contributed by atoms with Gasteiger partial charge in [-0.05, 0) is 42.9 Å². The van der Waals surface area contributed by atoms with E-state index in [4.69, 9.17) is 23.2 Å². The molecule has 0 aromatic heterocycles. The van der Waals surface area contributed by atoms with Crippen LogP contribution in [0.5, 0.6) is 0 Å². The fourth-order valence-corrected chi connectivity index (χ4v) is 5.11. The van der Waals surface area contributed by atoms with Gasteiger partial charge in [-0.1, -0.05) is 36.2 Å². The summed E-state index contributed by atoms with van der Waals surface area (Å²) < 4.78 is 42.0. The Balaban J connectivity index is 1.89. The lowest BCUT2D eigenvalue weighted by molar-refractivity contribution is -0.133. The average molecular weight is 488 g/mol. The molecule has 0 spiro atoms. The van der Waals surface area contributed by atoms with Crippen molar-refractivity contribution in [2.45, 2.75) is 18.4 Å². The largest absolute Gasteiger partial charge is 0.339 e. The van der Waals surface area contributed by atoms with Gasteiger partial charge in [0.05, 0.1) is 11.4 Å². The molecule has 0 unspecified atom stereocenters. The standard InChI is InChI=1S/C21H24Cl2FN3O3S/c1-2-25-10-12-26(13-11-25)21(28)15-27(14-18-19(23)4-3-5-20(18)24)31(29,30)17-8-6-16(22)7-9-17/h3-9H,2,10-15H2,1H3. The van der Waals surface area contributed by atoms with Gasteiger partial charge < -0.3 is 9.80 Å². The summed E-state index contributed by atoms with van der Waals surface area (Å²) in [7, 11) is -4.11. The van der Waals surface area contributed by atoms with E-state index >= 15 is 0 Å². The Bertz CT molecular complexity index is 1010. The zero-order valence-corrected chi connectivity index (χ0v) is 19.4. The summed E-state index contributed by atoms with van der Waals surface area (Å²) in [6.07, 6.45) is 0. The molecule has 0 aliphatic carbocycles. The van der Waals surface area contributed by atoms with Gasteiger partial charge in [-0.3, -0.25) is 4.79 Å². The number of benzene rings is 2. The zero-order chi connectivity index (χ0) is 22.6. The van der Waals surface area contributed by atoms with Crippen LogP contribution in [0.15, 0.2) is 47.4 Å². The van der Waals surface area contributed by atoms with Crippen LogP contribution >= 0.6 is 23.2 Å². The second kappa shape index (κ2) is 10.3. The van der Waals surface area contributed by atoms with Crippen molar-refractivity contribution in [1.82, 2.24) is 14.1 Å². The maximum atomic E-state index is 14.4.